The number of rotatable bonds is 1. The maximum Gasteiger partial charge on any atom is 0.573 e. The van der Waals surface area contributed by atoms with Crippen molar-refractivity contribution in [3.05, 3.63) is 19.4 Å². The van der Waals surface area contributed by atoms with Crippen molar-refractivity contribution >= 4 is 50.1 Å². The topological polar surface area (TPSA) is 22.1 Å². The third kappa shape index (κ3) is 3.13. The average Bonchev–Trinajstić information content (AvgIpc) is 2.04. The smallest absolute Gasteiger partial charge is 0.403 e. The van der Waals surface area contributed by atoms with E-state index in [-0.39, 0.29) is 13.2 Å². The first-order valence-electron chi connectivity index (χ1n) is 3.06. The Labute approximate surface area is 104 Å². The highest BCUT2D eigenvalue weighted by Crippen LogP contribution is 2.38. The summed E-state index contributed by atoms with van der Waals surface area (Å²) in [5, 5.41) is -0.169. The van der Waals surface area contributed by atoms with Crippen LogP contribution in [0.4, 0.5) is 13.2 Å². The van der Waals surface area contributed by atoms with Gasteiger partial charge in [-0.3, -0.25) is 0 Å². The van der Waals surface area contributed by atoms with Gasteiger partial charge >= 0.3 is 6.36 Å². The van der Waals surface area contributed by atoms with Gasteiger partial charge in [-0.15, -0.1) is 13.2 Å². The standard InChI is InChI=1S/C6HBrClF3INO/c7-2-1-13-5(12)3(8)4(2)14-6(9,10)11/h1H. The van der Waals surface area contributed by atoms with Crippen LogP contribution in [0, 0.1) is 3.70 Å². The van der Waals surface area contributed by atoms with Crippen molar-refractivity contribution in [3.63, 3.8) is 0 Å². The van der Waals surface area contributed by atoms with E-state index in [9.17, 15) is 13.2 Å². The fourth-order valence-electron chi connectivity index (χ4n) is 0.636. The van der Waals surface area contributed by atoms with E-state index in [1.165, 1.54) is 6.20 Å². The Kier molecular flexibility index (Phi) is 3.87. The molecule has 1 rings (SSSR count). The first kappa shape index (κ1) is 12.3. The lowest BCUT2D eigenvalue weighted by atomic mass is 10.4. The summed E-state index contributed by atoms with van der Waals surface area (Å²) in [6.45, 7) is 0. The summed E-state index contributed by atoms with van der Waals surface area (Å²) in [6.07, 6.45) is -3.58. The van der Waals surface area contributed by atoms with Crippen LogP contribution in [0.2, 0.25) is 5.02 Å². The first-order valence-corrected chi connectivity index (χ1v) is 5.31. The predicted molar refractivity (Wildman–Crippen MR) is 56.3 cm³/mol. The average molecular weight is 402 g/mol. The minimum Gasteiger partial charge on any atom is -0.403 e. The molecule has 0 amide bonds. The third-order valence-electron chi connectivity index (χ3n) is 1.11. The van der Waals surface area contributed by atoms with E-state index in [2.05, 4.69) is 25.7 Å². The number of hydrogen-bond acceptors (Lipinski definition) is 2. The van der Waals surface area contributed by atoms with Crippen LogP contribution in [0.15, 0.2) is 10.7 Å². The monoisotopic (exact) mass is 401 g/mol. The molecule has 0 N–H and O–H groups in total. The minimum atomic E-state index is -4.77. The molecule has 78 valence electrons. The molecule has 0 fully saturated rings. The molecule has 0 aliphatic carbocycles. The van der Waals surface area contributed by atoms with Gasteiger partial charge in [-0.2, -0.15) is 0 Å². The Morgan fingerprint density at radius 1 is 1.50 bits per heavy atom. The highest BCUT2D eigenvalue weighted by atomic mass is 127. The van der Waals surface area contributed by atoms with Crippen molar-refractivity contribution < 1.29 is 17.9 Å². The Hall–Kier alpha value is 0.240. The van der Waals surface area contributed by atoms with Crippen molar-refractivity contribution in [2.45, 2.75) is 6.36 Å². The van der Waals surface area contributed by atoms with Gasteiger partial charge in [0.15, 0.2) is 5.75 Å². The van der Waals surface area contributed by atoms with Gasteiger partial charge in [-0.25, -0.2) is 4.98 Å². The van der Waals surface area contributed by atoms with Crippen LogP contribution in [0.3, 0.4) is 0 Å². The predicted octanol–water partition coefficient (Wildman–Crippen LogP) is 4.00. The highest BCUT2D eigenvalue weighted by Gasteiger charge is 2.33. The van der Waals surface area contributed by atoms with Crippen LogP contribution < -0.4 is 4.74 Å². The van der Waals surface area contributed by atoms with Crippen molar-refractivity contribution in [1.82, 2.24) is 4.98 Å². The second kappa shape index (κ2) is 4.40. The van der Waals surface area contributed by atoms with Crippen molar-refractivity contribution in [3.8, 4) is 5.75 Å². The number of ether oxygens (including phenoxy) is 1. The summed E-state index contributed by atoms with van der Waals surface area (Å²) in [5.41, 5.74) is 0. The van der Waals surface area contributed by atoms with Gasteiger partial charge in [0, 0.05) is 6.20 Å². The lowest BCUT2D eigenvalue weighted by Gasteiger charge is -2.12. The molecule has 0 bridgehead atoms. The van der Waals surface area contributed by atoms with Gasteiger partial charge < -0.3 is 4.74 Å². The number of pyridine rings is 1. The first-order chi connectivity index (χ1) is 6.31. The van der Waals surface area contributed by atoms with Crippen LogP contribution in [0.1, 0.15) is 0 Å². The van der Waals surface area contributed by atoms with Gasteiger partial charge in [0.2, 0.25) is 0 Å². The number of aromatic nitrogens is 1. The molecule has 1 heterocycles. The number of halogens is 6. The summed E-state index contributed by atoms with van der Waals surface area (Å²) in [7, 11) is 0. The molecule has 0 aromatic carbocycles. The van der Waals surface area contributed by atoms with Crippen molar-refractivity contribution in [1.29, 1.82) is 0 Å². The molecule has 0 radical (unpaired) electrons. The Bertz CT molecular complexity index is 360. The SMILES string of the molecule is FC(F)(F)Oc1c(Br)cnc(I)c1Cl. The van der Waals surface area contributed by atoms with E-state index < -0.39 is 12.1 Å². The van der Waals surface area contributed by atoms with Crippen LogP contribution in [-0.4, -0.2) is 11.3 Å². The summed E-state index contributed by atoms with van der Waals surface area (Å²) < 4.78 is 39.7. The van der Waals surface area contributed by atoms with Gasteiger partial charge in [0.1, 0.15) is 8.72 Å². The van der Waals surface area contributed by atoms with E-state index in [4.69, 9.17) is 11.6 Å². The number of hydrogen-bond donors (Lipinski definition) is 0. The van der Waals surface area contributed by atoms with E-state index in [0.717, 1.165) is 0 Å². The van der Waals surface area contributed by atoms with Gasteiger partial charge in [-0.1, -0.05) is 11.6 Å². The minimum absolute atomic E-state index is 0.0558. The molecular formula is C6HBrClF3INO. The van der Waals surface area contributed by atoms with Crippen LogP contribution >= 0.6 is 50.1 Å². The molecule has 0 saturated carbocycles. The van der Waals surface area contributed by atoms with Gasteiger partial charge in [0.25, 0.3) is 0 Å². The van der Waals surface area contributed by atoms with Crippen molar-refractivity contribution in [2.24, 2.45) is 0 Å². The quantitative estimate of drug-likeness (QED) is 0.523. The molecule has 0 saturated heterocycles. The molecule has 0 spiro atoms. The molecule has 0 atom stereocenters. The zero-order chi connectivity index (χ0) is 10.9. The van der Waals surface area contributed by atoms with Crippen LogP contribution in [0.25, 0.3) is 0 Å². The summed E-state index contributed by atoms with van der Waals surface area (Å²) in [4.78, 5) is 3.73. The largest absolute Gasteiger partial charge is 0.573 e. The molecule has 1 aromatic rings. The van der Waals surface area contributed by atoms with Gasteiger partial charge in [0.05, 0.1) is 4.47 Å². The Morgan fingerprint density at radius 3 is 2.57 bits per heavy atom. The molecule has 1 aromatic heterocycles. The summed E-state index contributed by atoms with van der Waals surface area (Å²) in [6, 6.07) is 0. The maximum atomic E-state index is 11.9. The molecular weight excluding hydrogens is 401 g/mol. The van der Waals surface area contributed by atoms with E-state index in [1.807, 2.05) is 0 Å². The molecule has 0 aliphatic heterocycles. The zero-order valence-corrected chi connectivity index (χ0v) is 10.7. The van der Waals surface area contributed by atoms with Crippen LogP contribution in [-0.2, 0) is 0 Å². The summed E-state index contributed by atoms with van der Waals surface area (Å²) in [5.74, 6) is -0.474. The normalized spacial score (nSPS) is 11.6. The van der Waals surface area contributed by atoms with Crippen LogP contribution in [0.5, 0.6) is 5.75 Å². The molecule has 0 unspecified atom stereocenters. The van der Waals surface area contributed by atoms with E-state index in [1.54, 1.807) is 22.6 Å². The fraction of sp³-hybridized carbons (Fsp3) is 0.167. The maximum absolute atomic E-state index is 11.9. The molecule has 8 heteroatoms. The summed E-state index contributed by atoms with van der Waals surface area (Å²) >= 11 is 10.1. The molecule has 0 aliphatic rings. The van der Waals surface area contributed by atoms with E-state index >= 15 is 0 Å². The second-order valence-electron chi connectivity index (χ2n) is 2.09. The van der Waals surface area contributed by atoms with E-state index in [0.29, 0.717) is 0 Å². The highest BCUT2D eigenvalue weighted by molar-refractivity contribution is 14.1. The third-order valence-corrected chi connectivity index (χ3v) is 3.16. The number of alkyl halides is 3. The molecule has 14 heavy (non-hydrogen) atoms. The fourth-order valence-corrected chi connectivity index (χ4v) is 1.71. The number of nitrogens with zero attached hydrogens (tertiary/aromatic N) is 1. The Balaban J connectivity index is 3.13. The second-order valence-corrected chi connectivity index (χ2v) is 4.34. The molecule has 2 nitrogen and oxygen atoms in total. The van der Waals surface area contributed by atoms with Crippen molar-refractivity contribution in [2.75, 3.05) is 0 Å². The lowest BCUT2D eigenvalue weighted by Crippen LogP contribution is -2.18. The van der Waals surface area contributed by atoms with Gasteiger partial charge in [-0.05, 0) is 38.5 Å². The Morgan fingerprint density at radius 2 is 2.07 bits per heavy atom. The lowest BCUT2D eigenvalue weighted by molar-refractivity contribution is -0.274. The zero-order valence-electron chi connectivity index (χ0n) is 6.20.